The van der Waals surface area contributed by atoms with Gasteiger partial charge in [0.1, 0.15) is 6.04 Å². The molecule has 0 saturated heterocycles. The van der Waals surface area contributed by atoms with Gasteiger partial charge in [0.2, 0.25) is 0 Å². The minimum absolute atomic E-state index is 0.0230. The number of aliphatic carboxylic acids is 1. The standard InChI is InChI=1S/C9H12FN3O3.C2H6/c1-4-6(3-5(11)9(14)15)13-8(16-2)7(10)12-4;1-2/h5H,3,11H2,1-2H3,(H,14,15);1-2H3. The fourth-order valence-corrected chi connectivity index (χ4v) is 1.13. The molecule has 0 saturated carbocycles. The monoisotopic (exact) mass is 259 g/mol. The molecule has 0 aliphatic heterocycles. The van der Waals surface area contributed by atoms with Gasteiger partial charge < -0.3 is 15.6 Å². The number of carbonyl (C=O) groups is 1. The summed E-state index contributed by atoms with van der Waals surface area (Å²) in [7, 11) is 1.25. The minimum Gasteiger partial charge on any atom is -0.480 e. The summed E-state index contributed by atoms with van der Waals surface area (Å²) >= 11 is 0. The van der Waals surface area contributed by atoms with Crippen LogP contribution < -0.4 is 10.5 Å². The molecule has 0 radical (unpaired) electrons. The third-order valence-corrected chi connectivity index (χ3v) is 2.02. The van der Waals surface area contributed by atoms with E-state index in [2.05, 4.69) is 14.7 Å². The molecule has 18 heavy (non-hydrogen) atoms. The SMILES string of the molecule is CC.COc1nc(CC(N)C(=O)O)c(C)nc1F. The number of carboxylic acid groups (broad SMARTS) is 1. The zero-order valence-corrected chi connectivity index (χ0v) is 10.9. The zero-order valence-electron chi connectivity index (χ0n) is 10.9. The molecule has 1 aromatic heterocycles. The molecule has 1 heterocycles. The van der Waals surface area contributed by atoms with E-state index in [9.17, 15) is 9.18 Å². The van der Waals surface area contributed by atoms with Crippen LogP contribution in [-0.4, -0.2) is 34.2 Å². The van der Waals surface area contributed by atoms with Crippen LogP contribution in [0.1, 0.15) is 25.2 Å². The molecule has 1 rings (SSSR count). The minimum atomic E-state index is -1.15. The van der Waals surface area contributed by atoms with Crippen molar-refractivity contribution in [2.45, 2.75) is 33.2 Å². The number of ether oxygens (including phenoxy) is 1. The predicted octanol–water partition coefficient (Wildman–Crippen LogP) is 0.913. The highest BCUT2D eigenvalue weighted by molar-refractivity contribution is 5.73. The topological polar surface area (TPSA) is 98.3 Å². The molecule has 0 bridgehead atoms. The van der Waals surface area contributed by atoms with Gasteiger partial charge in [0.15, 0.2) is 0 Å². The first-order valence-electron chi connectivity index (χ1n) is 5.51. The summed E-state index contributed by atoms with van der Waals surface area (Å²) in [6, 6.07) is -1.09. The van der Waals surface area contributed by atoms with E-state index in [1.807, 2.05) is 13.8 Å². The molecule has 3 N–H and O–H groups in total. The molecule has 6 nitrogen and oxygen atoms in total. The third-order valence-electron chi connectivity index (χ3n) is 2.02. The van der Waals surface area contributed by atoms with E-state index in [0.717, 1.165) is 0 Å². The van der Waals surface area contributed by atoms with Crippen LogP contribution in [0.3, 0.4) is 0 Å². The molecular weight excluding hydrogens is 241 g/mol. The Labute approximate surface area is 105 Å². The molecule has 0 aliphatic rings. The molecule has 0 aromatic carbocycles. The number of aromatic nitrogens is 2. The van der Waals surface area contributed by atoms with Crippen molar-refractivity contribution in [3.05, 3.63) is 17.3 Å². The third kappa shape index (κ3) is 4.25. The Kier molecular flexibility index (Phi) is 6.81. The fraction of sp³-hybridized carbons (Fsp3) is 0.545. The number of carboxylic acids is 1. The Bertz CT molecular complexity index is 413. The van der Waals surface area contributed by atoms with Gasteiger partial charge in [-0.2, -0.15) is 4.39 Å². The number of nitrogens with zero attached hydrogens (tertiary/aromatic N) is 2. The van der Waals surface area contributed by atoms with Crippen LogP contribution in [0.25, 0.3) is 0 Å². The Balaban J connectivity index is 0.00000137. The fourth-order valence-electron chi connectivity index (χ4n) is 1.13. The molecule has 1 unspecified atom stereocenters. The van der Waals surface area contributed by atoms with Gasteiger partial charge >= 0.3 is 5.97 Å². The van der Waals surface area contributed by atoms with Crippen molar-refractivity contribution in [2.24, 2.45) is 5.73 Å². The molecule has 0 aliphatic carbocycles. The lowest BCUT2D eigenvalue weighted by Gasteiger charge is -2.09. The number of halogens is 1. The van der Waals surface area contributed by atoms with Crippen molar-refractivity contribution >= 4 is 5.97 Å². The highest BCUT2D eigenvalue weighted by Crippen LogP contribution is 2.14. The maximum Gasteiger partial charge on any atom is 0.320 e. The highest BCUT2D eigenvalue weighted by Gasteiger charge is 2.17. The van der Waals surface area contributed by atoms with Gasteiger partial charge in [0.25, 0.3) is 11.8 Å². The molecule has 0 spiro atoms. The van der Waals surface area contributed by atoms with Gasteiger partial charge in [-0.15, -0.1) is 0 Å². The Hall–Kier alpha value is -1.76. The van der Waals surface area contributed by atoms with Gasteiger partial charge in [-0.3, -0.25) is 4.79 Å². The number of nitrogens with two attached hydrogens (primary N) is 1. The normalized spacial score (nSPS) is 11.2. The van der Waals surface area contributed by atoms with Crippen LogP contribution in [-0.2, 0) is 11.2 Å². The second-order valence-electron chi connectivity index (χ2n) is 3.20. The maximum absolute atomic E-state index is 13.1. The quantitative estimate of drug-likeness (QED) is 0.834. The van der Waals surface area contributed by atoms with E-state index in [-0.39, 0.29) is 12.3 Å². The first-order valence-corrected chi connectivity index (χ1v) is 5.51. The van der Waals surface area contributed by atoms with Crippen LogP contribution >= 0.6 is 0 Å². The zero-order chi connectivity index (χ0) is 14.3. The number of aryl methyl sites for hydroxylation is 1. The van der Waals surface area contributed by atoms with Crippen molar-refractivity contribution in [1.82, 2.24) is 9.97 Å². The number of hydrogen-bond acceptors (Lipinski definition) is 5. The second kappa shape index (κ2) is 7.54. The summed E-state index contributed by atoms with van der Waals surface area (Å²) in [6.07, 6.45) is -0.0230. The van der Waals surface area contributed by atoms with E-state index in [1.54, 1.807) is 0 Å². The Morgan fingerprint density at radius 1 is 1.50 bits per heavy atom. The van der Waals surface area contributed by atoms with E-state index in [1.165, 1.54) is 14.0 Å². The Morgan fingerprint density at radius 3 is 2.50 bits per heavy atom. The molecule has 1 aromatic rings. The average Bonchev–Trinajstić information content (AvgIpc) is 2.34. The van der Waals surface area contributed by atoms with Gasteiger partial charge in [0, 0.05) is 6.42 Å². The first-order chi connectivity index (χ1) is 8.45. The van der Waals surface area contributed by atoms with Crippen LogP contribution in [0.4, 0.5) is 4.39 Å². The van der Waals surface area contributed by atoms with Gasteiger partial charge in [0.05, 0.1) is 18.5 Å². The predicted molar refractivity (Wildman–Crippen MR) is 63.9 cm³/mol. The number of rotatable bonds is 4. The molecule has 7 heteroatoms. The van der Waals surface area contributed by atoms with Crippen molar-refractivity contribution in [3.8, 4) is 5.88 Å². The molecule has 0 fully saturated rings. The molecule has 0 amide bonds. The summed E-state index contributed by atoms with van der Waals surface area (Å²) < 4.78 is 17.7. The summed E-state index contributed by atoms with van der Waals surface area (Å²) in [6.45, 7) is 5.53. The lowest BCUT2D eigenvalue weighted by atomic mass is 10.1. The van der Waals surface area contributed by atoms with Crippen LogP contribution in [0, 0.1) is 12.9 Å². The van der Waals surface area contributed by atoms with Crippen molar-refractivity contribution in [1.29, 1.82) is 0 Å². The summed E-state index contributed by atoms with van der Waals surface area (Å²) in [5.74, 6) is -2.24. The maximum atomic E-state index is 13.1. The van der Waals surface area contributed by atoms with E-state index >= 15 is 0 Å². The Morgan fingerprint density at radius 2 is 2.06 bits per heavy atom. The van der Waals surface area contributed by atoms with Crippen molar-refractivity contribution < 1.29 is 19.0 Å². The van der Waals surface area contributed by atoms with Crippen LogP contribution in [0.15, 0.2) is 0 Å². The van der Waals surface area contributed by atoms with E-state index in [4.69, 9.17) is 10.8 Å². The largest absolute Gasteiger partial charge is 0.480 e. The van der Waals surface area contributed by atoms with E-state index in [0.29, 0.717) is 11.4 Å². The summed E-state index contributed by atoms with van der Waals surface area (Å²) in [5, 5.41) is 8.64. The number of hydrogen-bond donors (Lipinski definition) is 2. The average molecular weight is 259 g/mol. The number of methoxy groups -OCH3 is 1. The van der Waals surface area contributed by atoms with Gasteiger partial charge in [-0.25, -0.2) is 9.97 Å². The molecule has 1 atom stereocenters. The second-order valence-corrected chi connectivity index (χ2v) is 3.20. The lowest BCUT2D eigenvalue weighted by molar-refractivity contribution is -0.138. The summed E-state index contributed by atoms with van der Waals surface area (Å²) in [5.41, 5.74) is 5.96. The van der Waals surface area contributed by atoms with Crippen molar-refractivity contribution in [2.75, 3.05) is 7.11 Å². The van der Waals surface area contributed by atoms with E-state index < -0.39 is 18.0 Å². The van der Waals surface area contributed by atoms with Gasteiger partial charge in [-0.1, -0.05) is 13.8 Å². The molecule has 102 valence electrons. The molecular formula is C11H18FN3O3. The van der Waals surface area contributed by atoms with Crippen LogP contribution in [0.2, 0.25) is 0 Å². The van der Waals surface area contributed by atoms with Gasteiger partial charge in [-0.05, 0) is 6.92 Å². The highest BCUT2D eigenvalue weighted by atomic mass is 19.1. The lowest BCUT2D eigenvalue weighted by Crippen LogP contribution is -2.33. The smallest absolute Gasteiger partial charge is 0.320 e. The van der Waals surface area contributed by atoms with Crippen LogP contribution in [0.5, 0.6) is 5.88 Å². The summed E-state index contributed by atoms with van der Waals surface area (Å²) in [4.78, 5) is 17.9. The van der Waals surface area contributed by atoms with Crippen molar-refractivity contribution in [3.63, 3.8) is 0 Å². The first kappa shape index (κ1) is 16.2.